The van der Waals surface area contributed by atoms with Crippen LogP contribution in [0.2, 0.25) is 0 Å². The van der Waals surface area contributed by atoms with Gasteiger partial charge in [-0.15, -0.1) is 0 Å². The van der Waals surface area contributed by atoms with Gasteiger partial charge in [0.25, 0.3) is 0 Å². The Morgan fingerprint density at radius 3 is 2.38 bits per heavy atom. The second kappa shape index (κ2) is 20.4. The summed E-state index contributed by atoms with van der Waals surface area (Å²) in [4.78, 5) is 63.7. The molecule has 0 aliphatic carbocycles. The minimum absolute atomic E-state index is 0.00951. The topological polar surface area (TPSA) is 178 Å². The lowest BCUT2D eigenvalue weighted by atomic mass is 9.96. The maximum absolute atomic E-state index is 14.2. The first kappa shape index (κ1) is 40.9. The van der Waals surface area contributed by atoms with Gasteiger partial charge in [0.05, 0.1) is 24.9 Å². The van der Waals surface area contributed by atoms with Gasteiger partial charge in [-0.05, 0) is 67.1 Å². The number of likely N-dealkylation sites (tertiary alicyclic amines) is 1. The second-order valence-electron chi connectivity index (χ2n) is 14.9. The predicted molar refractivity (Wildman–Crippen MR) is 211 cm³/mol. The zero-order chi connectivity index (χ0) is 39.2. The maximum atomic E-state index is 14.2. The summed E-state index contributed by atoms with van der Waals surface area (Å²) < 4.78 is 5.49. The van der Waals surface area contributed by atoms with E-state index in [-0.39, 0.29) is 37.7 Å². The lowest BCUT2D eigenvalue weighted by molar-refractivity contribution is -0.131. The number of benzene rings is 3. The molecule has 3 aromatic carbocycles. The smallest absolute Gasteiger partial charge is 0.408 e. The number of aromatic amines is 1. The van der Waals surface area contributed by atoms with Gasteiger partial charge in [-0.2, -0.15) is 0 Å². The fraction of sp³-hybridized carbons (Fsp3) is 0.452. The summed E-state index contributed by atoms with van der Waals surface area (Å²) in [6.07, 6.45) is 4.57. The number of hydrogen-bond acceptors (Lipinski definition) is 8. The number of aliphatic hydroxyl groups excluding tert-OH is 1. The molecular formula is C42H55N7O6. The van der Waals surface area contributed by atoms with Crippen molar-refractivity contribution in [1.29, 1.82) is 0 Å². The molecule has 1 aliphatic heterocycles. The molecule has 13 heteroatoms. The zero-order valence-corrected chi connectivity index (χ0v) is 32.0. The van der Waals surface area contributed by atoms with Crippen molar-refractivity contribution in [2.45, 2.75) is 95.7 Å². The van der Waals surface area contributed by atoms with Crippen LogP contribution in [0.15, 0.2) is 85.3 Å². The molecule has 5 atom stereocenters. The van der Waals surface area contributed by atoms with E-state index in [1.807, 2.05) is 86.6 Å². The Hall–Kier alpha value is -5.27. The third-order valence-electron chi connectivity index (χ3n) is 10.1. The van der Waals surface area contributed by atoms with Crippen molar-refractivity contribution in [2.24, 2.45) is 5.92 Å². The number of aromatic nitrogens is 2. The van der Waals surface area contributed by atoms with E-state index in [1.165, 1.54) is 6.33 Å². The quantitative estimate of drug-likeness (QED) is 0.0832. The first-order chi connectivity index (χ1) is 26.5. The number of nitrogens with one attached hydrogen (secondary N) is 5. The van der Waals surface area contributed by atoms with Gasteiger partial charge in [-0.1, -0.05) is 86.6 Å². The molecule has 4 amide bonds. The number of hydrogen-bond donors (Lipinski definition) is 6. The number of rotatable bonds is 19. The highest BCUT2D eigenvalue weighted by atomic mass is 16.5. The van der Waals surface area contributed by atoms with E-state index in [2.05, 4.69) is 43.2 Å². The van der Waals surface area contributed by atoms with Crippen molar-refractivity contribution in [3.05, 3.63) is 102 Å². The predicted octanol–water partition coefficient (Wildman–Crippen LogP) is 4.01. The molecule has 1 saturated heterocycles. The van der Waals surface area contributed by atoms with E-state index in [0.717, 1.165) is 47.7 Å². The molecule has 294 valence electrons. The van der Waals surface area contributed by atoms with Crippen LogP contribution >= 0.6 is 0 Å². The fourth-order valence-corrected chi connectivity index (χ4v) is 7.13. The average molecular weight is 754 g/mol. The monoisotopic (exact) mass is 753 g/mol. The van der Waals surface area contributed by atoms with E-state index < -0.39 is 42.1 Å². The highest BCUT2D eigenvalue weighted by Crippen LogP contribution is 2.21. The molecule has 55 heavy (non-hydrogen) atoms. The van der Waals surface area contributed by atoms with Crippen LogP contribution in [0, 0.1) is 5.92 Å². The summed E-state index contributed by atoms with van der Waals surface area (Å²) in [6.45, 7) is 5.50. The fourth-order valence-electron chi connectivity index (χ4n) is 7.13. The Kier molecular flexibility index (Phi) is 15.2. The molecule has 0 radical (unpaired) electrons. The molecule has 5 rings (SSSR count). The number of carbonyl (C=O) groups is 4. The minimum atomic E-state index is -1.16. The standard InChI is InChI=1S/C42H55N7O6/c1-28(2)21-35(38(50)24-39(51)44-19-18-33-16-10-20-49(33)3)46-41(53)37(23-32-25-43-27-45-32)47-40(52)36(48-42(54)55-26-29-11-5-4-6-12-29)22-31-15-9-14-30-13-7-8-17-34(30)31/h4-9,11-15,17,25,27-28,33,35-38,50H,10,16,18-24,26H2,1-3H3,(H,43,45)(H,44,51)(H,46,53)(H,47,52)(H,48,54)/t33?,35-,36-,37-,38-/m0/s1. The maximum Gasteiger partial charge on any atom is 0.408 e. The average Bonchev–Trinajstić information content (AvgIpc) is 3.84. The van der Waals surface area contributed by atoms with Crippen molar-refractivity contribution >= 4 is 34.6 Å². The summed E-state index contributed by atoms with van der Waals surface area (Å²) in [5.74, 6) is -1.36. The van der Waals surface area contributed by atoms with Gasteiger partial charge < -0.3 is 41.0 Å². The Labute approximate surface area is 323 Å². The van der Waals surface area contributed by atoms with E-state index in [9.17, 15) is 24.3 Å². The zero-order valence-electron chi connectivity index (χ0n) is 32.0. The van der Waals surface area contributed by atoms with Crippen LogP contribution in [-0.2, 0) is 38.6 Å². The molecule has 6 N–H and O–H groups in total. The summed E-state index contributed by atoms with van der Waals surface area (Å²) in [7, 11) is 2.09. The number of amides is 4. The van der Waals surface area contributed by atoms with Crippen LogP contribution in [0.1, 0.15) is 62.8 Å². The molecule has 1 aliphatic rings. The molecule has 1 aromatic heterocycles. The Morgan fingerprint density at radius 1 is 0.927 bits per heavy atom. The highest BCUT2D eigenvalue weighted by molar-refractivity contribution is 5.93. The third kappa shape index (κ3) is 12.6. The Balaban J connectivity index is 1.30. The Morgan fingerprint density at radius 2 is 1.65 bits per heavy atom. The number of alkyl carbamates (subject to hydrolysis) is 1. The normalized spacial score (nSPS) is 16.6. The third-order valence-corrected chi connectivity index (χ3v) is 10.1. The van der Waals surface area contributed by atoms with Crippen LogP contribution in [0.3, 0.4) is 0 Å². The number of ether oxygens (including phenoxy) is 1. The van der Waals surface area contributed by atoms with E-state index in [4.69, 9.17) is 4.74 Å². The van der Waals surface area contributed by atoms with E-state index in [1.54, 1.807) is 6.20 Å². The number of fused-ring (bicyclic) bond motifs is 1. The van der Waals surface area contributed by atoms with Gasteiger partial charge in [0.1, 0.15) is 18.7 Å². The van der Waals surface area contributed by atoms with Crippen LogP contribution in [0.5, 0.6) is 0 Å². The lowest BCUT2D eigenvalue weighted by Crippen LogP contribution is -2.57. The highest BCUT2D eigenvalue weighted by Gasteiger charge is 2.32. The van der Waals surface area contributed by atoms with Crippen molar-refractivity contribution in [3.8, 4) is 0 Å². The first-order valence-electron chi connectivity index (χ1n) is 19.2. The number of nitrogens with zero attached hydrogens (tertiary/aromatic N) is 2. The van der Waals surface area contributed by atoms with Crippen LogP contribution in [0.4, 0.5) is 4.79 Å². The van der Waals surface area contributed by atoms with Crippen molar-refractivity contribution in [3.63, 3.8) is 0 Å². The number of imidazole rings is 1. The van der Waals surface area contributed by atoms with Gasteiger partial charge >= 0.3 is 6.09 Å². The van der Waals surface area contributed by atoms with Crippen molar-refractivity contribution < 1.29 is 29.0 Å². The molecular weight excluding hydrogens is 699 g/mol. The molecule has 13 nitrogen and oxygen atoms in total. The first-order valence-corrected chi connectivity index (χ1v) is 19.2. The van der Waals surface area contributed by atoms with Gasteiger partial charge in [0.15, 0.2) is 0 Å². The minimum Gasteiger partial charge on any atom is -0.445 e. The number of H-pyrrole nitrogens is 1. The summed E-state index contributed by atoms with van der Waals surface area (Å²) in [5.41, 5.74) is 2.20. The van der Waals surface area contributed by atoms with Crippen LogP contribution in [0.25, 0.3) is 10.8 Å². The second-order valence-corrected chi connectivity index (χ2v) is 14.9. The van der Waals surface area contributed by atoms with Gasteiger partial charge in [-0.25, -0.2) is 9.78 Å². The van der Waals surface area contributed by atoms with Gasteiger partial charge in [0, 0.05) is 37.3 Å². The van der Waals surface area contributed by atoms with Crippen molar-refractivity contribution in [1.82, 2.24) is 36.1 Å². The summed E-state index contributed by atoms with van der Waals surface area (Å²) in [6, 6.07) is 20.2. The van der Waals surface area contributed by atoms with Gasteiger partial charge in [0.2, 0.25) is 17.7 Å². The van der Waals surface area contributed by atoms with Gasteiger partial charge in [-0.3, -0.25) is 14.4 Å². The molecule has 0 spiro atoms. The van der Waals surface area contributed by atoms with E-state index >= 15 is 0 Å². The van der Waals surface area contributed by atoms with Crippen molar-refractivity contribution in [2.75, 3.05) is 20.1 Å². The summed E-state index contributed by atoms with van der Waals surface area (Å²) in [5, 5.41) is 24.6. The molecule has 2 heterocycles. The summed E-state index contributed by atoms with van der Waals surface area (Å²) >= 11 is 0. The largest absolute Gasteiger partial charge is 0.445 e. The van der Waals surface area contributed by atoms with Crippen LogP contribution < -0.4 is 21.3 Å². The molecule has 4 aromatic rings. The van der Waals surface area contributed by atoms with Crippen LogP contribution in [-0.4, -0.2) is 94.2 Å². The number of aliphatic hydroxyl groups is 1. The SMILES string of the molecule is CC(C)C[C@H](NC(=O)[C@H](Cc1cnc[nH]1)NC(=O)[C@H](Cc1cccc2ccccc12)NC(=O)OCc1ccccc1)[C@@H](O)CC(=O)NCCC1CCCN1C. The number of carbonyl (C=O) groups excluding carboxylic acids is 4. The lowest BCUT2D eigenvalue weighted by Gasteiger charge is -2.29. The Bertz CT molecular complexity index is 1830. The molecule has 1 fully saturated rings. The molecule has 0 bridgehead atoms. The van der Waals surface area contributed by atoms with E-state index in [0.29, 0.717) is 24.7 Å². The molecule has 0 saturated carbocycles. The molecule has 1 unspecified atom stereocenters.